The van der Waals surface area contributed by atoms with E-state index in [-0.39, 0.29) is 46.6 Å². The van der Waals surface area contributed by atoms with E-state index in [1.54, 1.807) is 0 Å². The number of rotatable bonds is 2. The van der Waals surface area contributed by atoms with E-state index in [0.29, 0.717) is 34.0 Å². The molecule has 6 aliphatic rings. The molecule has 0 aromatic rings. The highest BCUT2D eigenvalue weighted by atomic mass is 16.6. The third-order valence-electron chi connectivity index (χ3n) is 14.2. The van der Waals surface area contributed by atoms with Crippen LogP contribution in [0.3, 0.4) is 0 Å². The molecule has 4 nitrogen and oxygen atoms in total. The lowest BCUT2D eigenvalue weighted by Gasteiger charge is -2.63. The van der Waals surface area contributed by atoms with E-state index in [4.69, 9.17) is 9.47 Å². The first-order chi connectivity index (χ1) is 17.0. The molecule has 37 heavy (non-hydrogen) atoms. The molecular weight excluding hydrogens is 460 g/mol. The Morgan fingerprint density at radius 1 is 0.973 bits per heavy atom. The number of aliphatic hydroxyl groups is 1. The summed E-state index contributed by atoms with van der Waals surface area (Å²) in [7, 11) is 0. The van der Waals surface area contributed by atoms with Crippen LogP contribution >= 0.6 is 0 Å². The van der Waals surface area contributed by atoms with Gasteiger partial charge in [-0.15, -0.1) is 0 Å². The van der Waals surface area contributed by atoms with Crippen molar-refractivity contribution < 1.29 is 19.4 Å². The number of hydrogen-bond donors (Lipinski definition) is 1. The smallest absolute Gasteiger partial charge is 0.303 e. The van der Waals surface area contributed by atoms with Gasteiger partial charge in [-0.3, -0.25) is 4.79 Å². The number of carbonyl (C=O) groups excluding carboxylic acids is 1. The summed E-state index contributed by atoms with van der Waals surface area (Å²) in [6, 6.07) is 0. The molecule has 0 aromatic heterocycles. The zero-order chi connectivity index (χ0) is 27.0. The summed E-state index contributed by atoms with van der Waals surface area (Å²) in [4.78, 5) is 12.0. The van der Waals surface area contributed by atoms with Crippen molar-refractivity contribution in [3.05, 3.63) is 0 Å². The molecule has 1 heterocycles. The summed E-state index contributed by atoms with van der Waals surface area (Å²) in [5.74, 6) is 2.40. The molecule has 1 aliphatic heterocycles. The standard InChI is InChI=1S/C33H54O4/c1-19-16-21(27(28(3,4)5)36-20(2)34)37-22-17-31(9)24-11-10-23-29(6,7)25(35)12-13-32(23)18-33(24,32)15-14-30(31,8)26(19)22/h19,21-27,35H,10-18H2,1-9H3/t19-,21?,22?,23+,24+,25+,26?,27+,30-,31+,32-,33?/m1/s1. The average Bonchev–Trinajstić information content (AvgIpc) is 3.37. The van der Waals surface area contributed by atoms with E-state index in [2.05, 4.69) is 55.4 Å². The van der Waals surface area contributed by atoms with Crippen molar-refractivity contribution in [1.82, 2.24) is 0 Å². The highest BCUT2D eigenvalue weighted by molar-refractivity contribution is 5.66. The van der Waals surface area contributed by atoms with Gasteiger partial charge >= 0.3 is 5.97 Å². The summed E-state index contributed by atoms with van der Waals surface area (Å²) >= 11 is 0. The Hall–Kier alpha value is -0.610. The summed E-state index contributed by atoms with van der Waals surface area (Å²) in [6.45, 7) is 20.5. The van der Waals surface area contributed by atoms with Crippen LogP contribution in [0.2, 0.25) is 0 Å². The monoisotopic (exact) mass is 514 g/mol. The number of esters is 1. The molecule has 5 saturated carbocycles. The summed E-state index contributed by atoms with van der Waals surface area (Å²) < 4.78 is 13.0. The molecule has 6 fully saturated rings. The number of ether oxygens (including phenoxy) is 2. The van der Waals surface area contributed by atoms with E-state index < -0.39 is 0 Å². The van der Waals surface area contributed by atoms with Crippen LogP contribution in [-0.2, 0) is 14.3 Å². The molecule has 5 aliphatic carbocycles. The van der Waals surface area contributed by atoms with Gasteiger partial charge in [-0.1, -0.05) is 55.4 Å². The van der Waals surface area contributed by atoms with Gasteiger partial charge in [-0.2, -0.15) is 0 Å². The molecule has 6 rings (SSSR count). The van der Waals surface area contributed by atoms with Gasteiger partial charge in [0.1, 0.15) is 6.10 Å². The highest BCUT2D eigenvalue weighted by Crippen LogP contribution is 2.89. The van der Waals surface area contributed by atoms with Gasteiger partial charge in [0, 0.05) is 12.3 Å². The second-order valence-corrected chi connectivity index (χ2v) is 16.9. The summed E-state index contributed by atoms with van der Waals surface area (Å²) in [5, 5.41) is 10.9. The third-order valence-corrected chi connectivity index (χ3v) is 14.2. The van der Waals surface area contributed by atoms with E-state index in [1.165, 1.54) is 45.4 Å². The van der Waals surface area contributed by atoms with Crippen LogP contribution in [0.25, 0.3) is 0 Å². The average molecular weight is 515 g/mol. The number of aliphatic hydroxyl groups excluding tert-OH is 1. The normalized spacial score (nSPS) is 54.6. The van der Waals surface area contributed by atoms with Gasteiger partial charge in [0.15, 0.2) is 0 Å². The van der Waals surface area contributed by atoms with Crippen molar-refractivity contribution in [3.8, 4) is 0 Å². The van der Waals surface area contributed by atoms with E-state index in [1.807, 2.05) is 0 Å². The molecular formula is C33H54O4. The van der Waals surface area contributed by atoms with Crippen molar-refractivity contribution in [1.29, 1.82) is 0 Å². The molecule has 0 amide bonds. The first-order valence-corrected chi connectivity index (χ1v) is 15.5. The Morgan fingerprint density at radius 2 is 1.62 bits per heavy atom. The quantitative estimate of drug-likeness (QED) is 0.397. The number of hydrogen-bond acceptors (Lipinski definition) is 4. The minimum atomic E-state index is -0.207. The maximum atomic E-state index is 12.0. The Kier molecular flexibility index (Phi) is 5.59. The van der Waals surface area contributed by atoms with Gasteiger partial charge in [0.25, 0.3) is 0 Å². The fourth-order valence-electron chi connectivity index (χ4n) is 12.5. The van der Waals surface area contributed by atoms with Crippen LogP contribution < -0.4 is 0 Å². The van der Waals surface area contributed by atoms with Crippen LogP contribution in [0.4, 0.5) is 0 Å². The number of carbonyl (C=O) groups is 1. The highest BCUT2D eigenvalue weighted by Gasteiger charge is 2.83. The second-order valence-electron chi connectivity index (χ2n) is 16.9. The van der Waals surface area contributed by atoms with Crippen LogP contribution in [0.15, 0.2) is 0 Å². The van der Waals surface area contributed by atoms with Crippen molar-refractivity contribution in [2.45, 2.75) is 145 Å². The van der Waals surface area contributed by atoms with Gasteiger partial charge in [0.2, 0.25) is 0 Å². The van der Waals surface area contributed by atoms with Crippen molar-refractivity contribution in [3.63, 3.8) is 0 Å². The fourth-order valence-corrected chi connectivity index (χ4v) is 12.5. The van der Waals surface area contributed by atoms with Crippen molar-refractivity contribution in [2.24, 2.45) is 56.2 Å². The predicted octanol–water partition coefficient (Wildman–Crippen LogP) is 7.17. The first kappa shape index (κ1) is 26.6. The van der Waals surface area contributed by atoms with Gasteiger partial charge in [-0.25, -0.2) is 0 Å². The SMILES string of the molecule is CC(=O)O[C@@H](C1C[C@@H](C)C2C(C[C@@]3(C)[C@@H]4CC[C@H]5C(C)(C)[C@@H](O)CC[C@@]56CC46CC[C@]23C)O1)C(C)(C)C. The summed E-state index contributed by atoms with van der Waals surface area (Å²) in [5.41, 5.74) is 1.45. The molecule has 2 spiro atoms. The van der Waals surface area contributed by atoms with Gasteiger partial charge < -0.3 is 14.6 Å². The van der Waals surface area contributed by atoms with Gasteiger partial charge in [-0.05, 0) is 109 Å². The Balaban J connectivity index is 1.31. The molecule has 0 aromatic carbocycles. The Morgan fingerprint density at radius 3 is 2.27 bits per heavy atom. The third kappa shape index (κ3) is 3.24. The fraction of sp³-hybridized carbons (Fsp3) is 0.970. The van der Waals surface area contributed by atoms with E-state index in [0.717, 1.165) is 25.2 Å². The van der Waals surface area contributed by atoms with Crippen LogP contribution in [-0.4, -0.2) is 35.5 Å². The topological polar surface area (TPSA) is 55.8 Å². The Labute approximate surface area is 226 Å². The molecule has 0 radical (unpaired) electrons. The first-order valence-electron chi connectivity index (χ1n) is 15.5. The molecule has 12 atom stereocenters. The van der Waals surface area contributed by atoms with E-state index >= 15 is 0 Å². The molecule has 1 N–H and O–H groups in total. The minimum absolute atomic E-state index is 0.0231. The van der Waals surface area contributed by atoms with Crippen molar-refractivity contribution >= 4 is 5.97 Å². The second kappa shape index (κ2) is 7.77. The van der Waals surface area contributed by atoms with E-state index in [9.17, 15) is 9.90 Å². The van der Waals surface area contributed by atoms with Crippen LogP contribution in [0, 0.1) is 56.2 Å². The lowest BCUT2D eigenvalue weighted by atomic mass is 9.41. The molecule has 4 heteroatoms. The predicted molar refractivity (Wildman–Crippen MR) is 146 cm³/mol. The lowest BCUT2D eigenvalue weighted by Crippen LogP contribution is -2.58. The molecule has 0 bridgehead atoms. The zero-order valence-corrected chi connectivity index (χ0v) is 25.2. The van der Waals surface area contributed by atoms with Crippen LogP contribution in [0.1, 0.15) is 120 Å². The van der Waals surface area contributed by atoms with Crippen LogP contribution in [0.5, 0.6) is 0 Å². The maximum absolute atomic E-state index is 12.0. The summed E-state index contributed by atoms with van der Waals surface area (Å²) in [6.07, 6.45) is 11.0. The maximum Gasteiger partial charge on any atom is 0.303 e. The minimum Gasteiger partial charge on any atom is -0.459 e. The Bertz CT molecular complexity index is 966. The zero-order valence-electron chi connectivity index (χ0n) is 25.2. The molecule has 210 valence electrons. The molecule has 4 unspecified atom stereocenters. The molecule has 1 saturated heterocycles. The van der Waals surface area contributed by atoms with Crippen molar-refractivity contribution in [2.75, 3.05) is 0 Å². The lowest BCUT2D eigenvalue weighted by molar-refractivity contribution is -0.196. The van der Waals surface area contributed by atoms with Gasteiger partial charge in [0.05, 0.1) is 18.3 Å². The number of fused-ring (bicyclic) bond motifs is 4. The largest absolute Gasteiger partial charge is 0.459 e.